The van der Waals surface area contributed by atoms with E-state index >= 15 is 0 Å². The predicted molar refractivity (Wildman–Crippen MR) is 76.3 cm³/mol. The first-order valence-electron chi connectivity index (χ1n) is 6.59. The lowest BCUT2D eigenvalue weighted by Crippen LogP contribution is -2.27. The van der Waals surface area contributed by atoms with Crippen LogP contribution < -0.4 is 11.0 Å². The normalized spacial score (nSPS) is 10.9. The summed E-state index contributed by atoms with van der Waals surface area (Å²) in [5.41, 5.74) is -0.218. The molecule has 108 valence electrons. The Morgan fingerprint density at radius 1 is 1.53 bits per heavy atom. The van der Waals surface area contributed by atoms with Crippen LogP contribution in [-0.4, -0.2) is 33.0 Å². The van der Waals surface area contributed by atoms with Gasteiger partial charge in [-0.15, -0.1) is 5.10 Å². The lowest BCUT2D eigenvalue weighted by atomic mass is 10.1. The number of aromatic nitrogens is 3. The van der Waals surface area contributed by atoms with Gasteiger partial charge in [-0.1, -0.05) is 32.5 Å². The number of thioether (sulfide) groups is 1. The molecule has 0 bridgehead atoms. The molecule has 0 spiro atoms. The Hall–Kier alpha value is -1.24. The Balaban J connectivity index is 2.40. The summed E-state index contributed by atoms with van der Waals surface area (Å²) in [4.78, 5) is 23.1. The number of carbonyl (C=O) groups is 1. The van der Waals surface area contributed by atoms with E-state index in [0.29, 0.717) is 24.2 Å². The number of nitrogens with one attached hydrogen (secondary N) is 2. The summed E-state index contributed by atoms with van der Waals surface area (Å²) in [7, 11) is 0. The van der Waals surface area contributed by atoms with Gasteiger partial charge in [0, 0.05) is 13.1 Å². The minimum Gasteiger partial charge on any atom is -0.355 e. The number of hydrogen-bond donors (Lipinski definition) is 2. The maximum atomic E-state index is 11.6. The molecular formula is C12H22N4O2S. The van der Waals surface area contributed by atoms with Crippen LogP contribution in [0.25, 0.3) is 0 Å². The molecule has 0 saturated carbocycles. The first kappa shape index (κ1) is 15.8. The molecule has 0 fully saturated rings. The number of carbonyl (C=O) groups excluding carboxylic acids is 1. The fourth-order valence-electron chi connectivity index (χ4n) is 1.52. The average Bonchev–Trinajstić information content (AvgIpc) is 2.69. The van der Waals surface area contributed by atoms with E-state index in [1.165, 1.54) is 11.8 Å². The first-order valence-corrected chi connectivity index (χ1v) is 7.57. The summed E-state index contributed by atoms with van der Waals surface area (Å²) < 4.78 is 1.56. The molecule has 0 unspecified atom stereocenters. The van der Waals surface area contributed by atoms with Crippen LogP contribution in [0.5, 0.6) is 0 Å². The van der Waals surface area contributed by atoms with E-state index in [1.807, 2.05) is 6.92 Å². The van der Waals surface area contributed by atoms with E-state index in [0.717, 1.165) is 12.8 Å². The standard InChI is InChI=1S/C12H22N4O2S/c1-4-7-16-11(18)14-15-12(16)19-8-10(17)13-6-5-9(2)3/h9H,4-8H2,1-3H3,(H,13,17)(H,14,18). The van der Waals surface area contributed by atoms with E-state index in [2.05, 4.69) is 29.4 Å². The molecule has 0 atom stereocenters. The number of hydrogen-bond acceptors (Lipinski definition) is 4. The summed E-state index contributed by atoms with van der Waals surface area (Å²) >= 11 is 1.28. The van der Waals surface area contributed by atoms with Crippen LogP contribution in [0.3, 0.4) is 0 Å². The summed E-state index contributed by atoms with van der Waals surface area (Å²) in [6.45, 7) is 7.54. The molecule has 0 radical (unpaired) electrons. The van der Waals surface area contributed by atoms with Gasteiger partial charge in [0.15, 0.2) is 5.16 Å². The minimum atomic E-state index is -0.218. The molecular weight excluding hydrogens is 264 g/mol. The zero-order valence-electron chi connectivity index (χ0n) is 11.7. The number of amides is 1. The highest BCUT2D eigenvalue weighted by atomic mass is 32.2. The molecule has 1 amide bonds. The molecule has 2 N–H and O–H groups in total. The van der Waals surface area contributed by atoms with Crippen molar-refractivity contribution in [3.05, 3.63) is 10.5 Å². The smallest absolute Gasteiger partial charge is 0.343 e. The molecule has 7 heteroatoms. The van der Waals surface area contributed by atoms with Gasteiger partial charge in [-0.05, 0) is 18.8 Å². The van der Waals surface area contributed by atoms with Gasteiger partial charge >= 0.3 is 5.69 Å². The van der Waals surface area contributed by atoms with Crippen molar-refractivity contribution in [3.8, 4) is 0 Å². The van der Waals surface area contributed by atoms with Crippen LogP contribution >= 0.6 is 11.8 Å². The maximum absolute atomic E-state index is 11.6. The van der Waals surface area contributed by atoms with E-state index in [4.69, 9.17) is 0 Å². The summed E-state index contributed by atoms with van der Waals surface area (Å²) in [6.07, 6.45) is 1.83. The van der Waals surface area contributed by atoms with Gasteiger partial charge in [0.1, 0.15) is 0 Å². The molecule has 0 aliphatic carbocycles. The van der Waals surface area contributed by atoms with Crippen molar-refractivity contribution in [2.75, 3.05) is 12.3 Å². The second-order valence-corrected chi connectivity index (χ2v) is 5.73. The van der Waals surface area contributed by atoms with Crippen LogP contribution in [0, 0.1) is 5.92 Å². The van der Waals surface area contributed by atoms with Crippen LogP contribution in [0.1, 0.15) is 33.6 Å². The topological polar surface area (TPSA) is 79.8 Å². The Morgan fingerprint density at radius 3 is 2.89 bits per heavy atom. The van der Waals surface area contributed by atoms with Crippen molar-refractivity contribution in [3.63, 3.8) is 0 Å². The fourth-order valence-corrected chi connectivity index (χ4v) is 2.32. The van der Waals surface area contributed by atoms with Crippen LogP contribution in [0.4, 0.5) is 0 Å². The molecule has 0 saturated heterocycles. The molecule has 1 heterocycles. The highest BCUT2D eigenvalue weighted by Gasteiger charge is 2.10. The van der Waals surface area contributed by atoms with Crippen molar-refractivity contribution in [2.45, 2.75) is 45.3 Å². The van der Waals surface area contributed by atoms with Crippen molar-refractivity contribution >= 4 is 17.7 Å². The minimum absolute atomic E-state index is 0.0239. The van der Waals surface area contributed by atoms with Crippen molar-refractivity contribution in [1.29, 1.82) is 0 Å². The molecule has 19 heavy (non-hydrogen) atoms. The van der Waals surface area contributed by atoms with E-state index in [1.54, 1.807) is 4.57 Å². The SMILES string of the molecule is CCCn1c(SCC(=O)NCCC(C)C)n[nH]c1=O. The third-order valence-electron chi connectivity index (χ3n) is 2.55. The van der Waals surface area contributed by atoms with E-state index in [-0.39, 0.29) is 17.3 Å². The maximum Gasteiger partial charge on any atom is 0.343 e. The van der Waals surface area contributed by atoms with Crippen molar-refractivity contribution < 1.29 is 4.79 Å². The van der Waals surface area contributed by atoms with Crippen molar-refractivity contribution in [1.82, 2.24) is 20.1 Å². The molecule has 1 aromatic heterocycles. The quantitative estimate of drug-likeness (QED) is 0.705. The van der Waals surface area contributed by atoms with Gasteiger partial charge in [-0.25, -0.2) is 9.89 Å². The average molecular weight is 286 g/mol. The number of aromatic amines is 1. The largest absolute Gasteiger partial charge is 0.355 e. The zero-order chi connectivity index (χ0) is 14.3. The van der Waals surface area contributed by atoms with Crippen molar-refractivity contribution in [2.24, 2.45) is 5.92 Å². The second-order valence-electron chi connectivity index (χ2n) is 4.78. The molecule has 0 aliphatic heterocycles. The number of rotatable bonds is 8. The zero-order valence-corrected chi connectivity index (χ0v) is 12.5. The van der Waals surface area contributed by atoms with Gasteiger partial charge < -0.3 is 5.32 Å². The lowest BCUT2D eigenvalue weighted by Gasteiger charge is -2.07. The molecule has 6 nitrogen and oxygen atoms in total. The Bertz CT molecular complexity index is 453. The monoisotopic (exact) mass is 286 g/mol. The Kier molecular flexibility index (Phi) is 6.69. The number of H-pyrrole nitrogens is 1. The first-order chi connectivity index (χ1) is 9.04. The molecule has 0 aromatic carbocycles. The number of nitrogens with zero attached hydrogens (tertiary/aromatic N) is 2. The summed E-state index contributed by atoms with van der Waals surface area (Å²) in [6, 6.07) is 0. The molecule has 0 aliphatic rings. The van der Waals surface area contributed by atoms with Gasteiger partial charge in [0.05, 0.1) is 5.75 Å². The summed E-state index contributed by atoms with van der Waals surface area (Å²) in [5, 5.41) is 9.76. The predicted octanol–water partition coefficient (Wildman–Crippen LogP) is 1.24. The van der Waals surface area contributed by atoms with Gasteiger partial charge in [-0.2, -0.15) is 0 Å². The third-order valence-corrected chi connectivity index (χ3v) is 3.52. The lowest BCUT2D eigenvalue weighted by molar-refractivity contribution is -0.118. The van der Waals surface area contributed by atoms with Gasteiger partial charge in [0.2, 0.25) is 5.91 Å². The van der Waals surface area contributed by atoms with E-state index in [9.17, 15) is 9.59 Å². The fraction of sp³-hybridized carbons (Fsp3) is 0.750. The highest BCUT2D eigenvalue weighted by Crippen LogP contribution is 2.12. The van der Waals surface area contributed by atoms with Gasteiger partial charge in [0.25, 0.3) is 0 Å². The Morgan fingerprint density at radius 2 is 2.26 bits per heavy atom. The highest BCUT2D eigenvalue weighted by molar-refractivity contribution is 7.99. The molecule has 1 rings (SSSR count). The Labute approximate surface area is 117 Å². The van der Waals surface area contributed by atoms with E-state index < -0.39 is 0 Å². The van der Waals surface area contributed by atoms with Gasteiger partial charge in [-0.3, -0.25) is 9.36 Å². The van der Waals surface area contributed by atoms with Crippen LogP contribution in [0.2, 0.25) is 0 Å². The van der Waals surface area contributed by atoms with Crippen LogP contribution in [0.15, 0.2) is 9.95 Å². The van der Waals surface area contributed by atoms with Crippen LogP contribution in [-0.2, 0) is 11.3 Å². The third kappa shape index (κ3) is 5.50. The second kappa shape index (κ2) is 8.04. The summed E-state index contributed by atoms with van der Waals surface area (Å²) in [5.74, 6) is 0.838. The molecule has 1 aromatic rings.